The maximum absolute atomic E-state index is 5.46. The monoisotopic (exact) mass is 276 g/mol. The van der Waals surface area contributed by atoms with Gasteiger partial charge in [0.1, 0.15) is 0 Å². The molecule has 0 spiro atoms. The molecule has 3 nitrogen and oxygen atoms in total. The highest BCUT2D eigenvalue weighted by molar-refractivity contribution is 5.29. The van der Waals surface area contributed by atoms with Crippen molar-refractivity contribution in [3.63, 3.8) is 0 Å². The Balaban J connectivity index is 2.03. The Kier molecular flexibility index (Phi) is 6.02. The summed E-state index contributed by atoms with van der Waals surface area (Å²) in [5.41, 5.74) is 2.80. The highest BCUT2D eigenvalue weighted by atomic mass is 16.5. The molecule has 1 aliphatic heterocycles. The second kappa shape index (κ2) is 7.77. The Labute approximate surface area is 123 Å². The predicted octanol–water partition coefficient (Wildman–Crippen LogP) is 2.76. The fourth-order valence-corrected chi connectivity index (χ4v) is 3.06. The zero-order valence-corrected chi connectivity index (χ0v) is 13.1. The molecule has 1 N–H and O–H groups in total. The van der Waals surface area contributed by atoms with E-state index in [1.165, 1.54) is 11.1 Å². The second-order valence-corrected chi connectivity index (χ2v) is 5.75. The summed E-state index contributed by atoms with van der Waals surface area (Å²) >= 11 is 0. The van der Waals surface area contributed by atoms with E-state index in [2.05, 4.69) is 55.4 Å². The molecule has 112 valence electrons. The maximum Gasteiger partial charge on any atom is 0.0480 e. The van der Waals surface area contributed by atoms with Crippen molar-refractivity contribution in [3.05, 3.63) is 35.4 Å². The Morgan fingerprint density at radius 1 is 1.30 bits per heavy atom. The molecule has 0 aliphatic carbocycles. The molecule has 0 bridgehead atoms. The fourth-order valence-electron chi connectivity index (χ4n) is 3.06. The summed E-state index contributed by atoms with van der Waals surface area (Å²) in [7, 11) is 2.25. The number of hydrogen-bond acceptors (Lipinski definition) is 3. The van der Waals surface area contributed by atoms with E-state index in [9.17, 15) is 0 Å². The van der Waals surface area contributed by atoms with Crippen molar-refractivity contribution < 1.29 is 4.74 Å². The van der Waals surface area contributed by atoms with Gasteiger partial charge in [0, 0.05) is 31.8 Å². The lowest BCUT2D eigenvalue weighted by Crippen LogP contribution is -2.41. The highest BCUT2D eigenvalue weighted by Crippen LogP contribution is 2.21. The summed E-state index contributed by atoms with van der Waals surface area (Å²) in [5, 5.41) is 3.64. The molecular weight excluding hydrogens is 248 g/mol. The molecule has 1 atom stereocenters. The van der Waals surface area contributed by atoms with Gasteiger partial charge in [-0.25, -0.2) is 0 Å². The molecule has 1 aromatic rings. The van der Waals surface area contributed by atoms with Crippen molar-refractivity contribution in [2.24, 2.45) is 0 Å². The van der Waals surface area contributed by atoms with Crippen molar-refractivity contribution in [3.8, 4) is 0 Å². The van der Waals surface area contributed by atoms with E-state index in [-0.39, 0.29) is 0 Å². The summed E-state index contributed by atoms with van der Waals surface area (Å²) in [6, 6.07) is 9.78. The third kappa shape index (κ3) is 4.05. The van der Waals surface area contributed by atoms with Crippen LogP contribution >= 0.6 is 0 Å². The lowest BCUT2D eigenvalue weighted by atomic mass is 9.99. The first kappa shape index (κ1) is 15.5. The van der Waals surface area contributed by atoms with Crippen LogP contribution in [0.3, 0.4) is 0 Å². The van der Waals surface area contributed by atoms with Crippen LogP contribution in [0.4, 0.5) is 0 Å². The smallest absolute Gasteiger partial charge is 0.0480 e. The lowest BCUT2D eigenvalue weighted by Gasteiger charge is -2.34. The van der Waals surface area contributed by atoms with Crippen LogP contribution in [-0.2, 0) is 4.74 Å². The van der Waals surface area contributed by atoms with Crippen molar-refractivity contribution in [2.75, 3.05) is 33.4 Å². The molecule has 1 saturated heterocycles. The molecule has 20 heavy (non-hydrogen) atoms. The average Bonchev–Trinajstić information content (AvgIpc) is 2.48. The van der Waals surface area contributed by atoms with Crippen LogP contribution < -0.4 is 5.32 Å². The van der Waals surface area contributed by atoms with E-state index in [0.717, 1.165) is 39.1 Å². The zero-order valence-electron chi connectivity index (χ0n) is 13.1. The van der Waals surface area contributed by atoms with Gasteiger partial charge in [0.2, 0.25) is 0 Å². The van der Waals surface area contributed by atoms with Crippen LogP contribution in [-0.4, -0.2) is 44.3 Å². The van der Waals surface area contributed by atoms with Crippen LogP contribution in [0, 0.1) is 6.92 Å². The molecule has 2 rings (SSSR count). The number of nitrogens with one attached hydrogen (secondary N) is 1. The van der Waals surface area contributed by atoms with Gasteiger partial charge in [0.05, 0.1) is 0 Å². The molecule has 1 heterocycles. The number of nitrogens with zero attached hydrogens (tertiary/aromatic N) is 1. The Hall–Kier alpha value is -0.900. The minimum absolute atomic E-state index is 0.411. The third-order valence-electron chi connectivity index (χ3n) is 4.30. The van der Waals surface area contributed by atoms with Crippen LogP contribution in [0.25, 0.3) is 0 Å². The normalized spacial score (nSPS) is 18.4. The van der Waals surface area contributed by atoms with Gasteiger partial charge < -0.3 is 15.0 Å². The number of benzene rings is 1. The summed E-state index contributed by atoms with van der Waals surface area (Å²) < 4.78 is 5.46. The first-order valence-electron chi connectivity index (χ1n) is 7.79. The summed E-state index contributed by atoms with van der Waals surface area (Å²) in [5.74, 6) is 0. The Morgan fingerprint density at radius 2 is 2.00 bits per heavy atom. The molecule has 0 amide bonds. The van der Waals surface area contributed by atoms with Crippen LogP contribution in [0.1, 0.15) is 36.9 Å². The van der Waals surface area contributed by atoms with E-state index >= 15 is 0 Å². The fraction of sp³-hybridized carbons (Fsp3) is 0.647. The number of likely N-dealkylation sites (N-methyl/N-ethyl adjacent to an activating group) is 2. The van der Waals surface area contributed by atoms with E-state index in [0.29, 0.717) is 12.1 Å². The van der Waals surface area contributed by atoms with Gasteiger partial charge in [0.15, 0.2) is 0 Å². The lowest BCUT2D eigenvalue weighted by molar-refractivity contribution is 0.0401. The number of aryl methyl sites for hydroxylation is 1. The van der Waals surface area contributed by atoms with Gasteiger partial charge in [0.25, 0.3) is 0 Å². The summed E-state index contributed by atoms with van der Waals surface area (Å²) in [6.45, 7) is 8.26. The Morgan fingerprint density at radius 3 is 2.65 bits per heavy atom. The zero-order chi connectivity index (χ0) is 14.4. The number of hydrogen-bond donors (Lipinski definition) is 1. The van der Waals surface area contributed by atoms with Crippen LogP contribution in [0.2, 0.25) is 0 Å². The first-order valence-corrected chi connectivity index (χ1v) is 7.79. The number of rotatable bonds is 6. The predicted molar refractivity (Wildman–Crippen MR) is 84.1 cm³/mol. The maximum atomic E-state index is 5.46. The molecule has 1 unspecified atom stereocenters. The molecule has 0 saturated carbocycles. The van der Waals surface area contributed by atoms with Crippen molar-refractivity contribution in [1.29, 1.82) is 0 Å². The molecular formula is C17H28N2O. The van der Waals surface area contributed by atoms with E-state index in [1.54, 1.807) is 0 Å². The van der Waals surface area contributed by atoms with Gasteiger partial charge in [-0.3, -0.25) is 0 Å². The van der Waals surface area contributed by atoms with Gasteiger partial charge in [-0.2, -0.15) is 0 Å². The van der Waals surface area contributed by atoms with Gasteiger partial charge in [-0.1, -0.05) is 31.2 Å². The van der Waals surface area contributed by atoms with Crippen molar-refractivity contribution in [2.45, 2.75) is 38.8 Å². The standard InChI is InChI=1S/C17H28N2O/c1-4-18-17(16-8-6-5-7-14(16)2)13-19(3)15-9-11-20-12-10-15/h5-8,15,17-18H,4,9-13H2,1-3H3. The minimum atomic E-state index is 0.411. The van der Waals surface area contributed by atoms with Crippen LogP contribution in [0.15, 0.2) is 24.3 Å². The van der Waals surface area contributed by atoms with Crippen molar-refractivity contribution in [1.82, 2.24) is 10.2 Å². The van der Waals surface area contributed by atoms with Crippen LogP contribution in [0.5, 0.6) is 0 Å². The highest BCUT2D eigenvalue weighted by Gasteiger charge is 2.22. The largest absolute Gasteiger partial charge is 0.381 e. The Bertz CT molecular complexity index is 402. The topological polar surface area (TPSA) is 24.5 Å². The molecule has 1 aromatic carbocycles. The third-order valence-corrected chi connectivity index (χ3v) is 4.30. The van der Waals surface area contributed by atoms with E-state index < -0.39 is 0 Å². The summed E-state index contributed by atoms with van der Waals surface area (Å²) in [4.78, 5) is 2.50. The van der Waals surface area contributed by atoms with E-state index in [4.69, 9.17) is 4.74 Å². The van der Waals surface area contributed by atoms with Gasteiger partial charge in [-0.15, -0.1) is 0 Å². The molecule has 0 radical (unpaired) electrons. The first-order chi connectivity index (χ1) is 9.72. The molecule has 1 aliphatic rings. The SMILES string of the molecule is CCNC(CN(C)C1CCOCC1)c1ccccc1C. The molecule has 1 fully saturated rings. The quantitative estimate of drug-likeness (QED) is 0.864. The van der Waals surface area contributed by atoms with E-state index in [1.807, 2.05) is 0 Å². The van der Waals surface area contributed by atoms with Gasteiger partial charge in [-0.05, 0) is 44.5 Å². The minimum Gasteiger partial charge on any atom is -0.381 e. The molecule has 0 aromatic heterocycles. The molecule has 3 heteroatoms. The van der Waals surface area contributed by atoms with Gasteiger partial charge >= 0.3 is 0 Å². The second-order valence-electron chi connectivity index (χ2n) is 5.75. The van der Waals surface area contributed by atoms with Crippen molar-refractivity contribution >= 4 is 0 Å². The summed E-state index contributed by atoms with van der Waals surface area (Å²) in [6.07, 6.45) is 2.31. The average molecular weight is 276 g/mol. The number of ether oxygens (including phenoxy) is 1.